The van der Waals surface area contributed by atoms with Gasteiger partial charge in [-0.05, 0) is 42.5 Å². The summed E-state index contributed by atoms with van der Waals surface area (Å²) in [5.41, 5.74) is 5.77. The number of aliphatic hydroxyl groups excluding tert-OH is 2. The largest absolute Gasteiger partial charge is 0.496 e. The average molecular weight is 343 g/mol. The first kappa shape index (κ1) is 16.6. The first-order valence-electron chi connectivity index (χ1n) is 8.94. The van der Waals surface area contributed by atoms with Crippen LogP contribution in [-0.2, 0) is 32.5 Å². The number of benzene rings is 1. The molecular formula is C19H25N3O3. The minimum absolute atomic E-state index is 0.299. The van der Waals surface area contributed by atoms with Crippen LogP contribution in [0, 0.1) is 0 Å². The van der Waals surface area contributed by atoms with Gasteiger partial charge in [0, 0.05) is 25.2 Å². The van der Waals surface area contributed by atoms with Crippen LogP contribution in [0.4, 0.5) is 0 Å². The SMILES string of the molecule is COc1cc2c(cc1CN1CCn3nc(C(O)CO)cc3C1)CCC2. The van der Waals surface area contributed by atoms with E-state index < -0.39 is 6.10 Å². The highest BCUT2D eigenvalue weighted by Crippen LogP contribution is 2.31. The molecule has 134 valence electrons. The molecule has 1 aliphatic carbocycles. The molecule has 2 aromatic rings. The molecule has 0 spiro atoms. The fourth-order valence-corrected chi connectivity index (χ4v) is 3.94. The normalized spacial score (nSPS) is 18.0. The van der Waals surface area contributed by atoms with Gasteiger partial charge in [-0.3, -0.25) is 9.58 Å². The highest BCUT2D eigenvalue weighted by Gasteiger charge is 2.23. The lowest BCUT2D eigenvalue weighted by Crippen LogP contribution is -2.33. The predicted octanol–water partition coefficient (Wildman–Crippen LogP) is 1.42. The molecule has 2 heterocycles. The van der Waals surface area contributed by atoms with Gasteiger partial charge < -0.3 is 14.9 Å². The Morgan fingerprint density at radius 2 is 2.00 bits per heavy atom. The van der Waals surface area contributed by atoms with Gasteiger partial charge in [0.15, 0.2) is 0 Å². The van der Waals surface area contributed by atoms with Gasteiger partial charge in [-0.2, -0.15) is 5.10 Å². The van der Waals surface area contributed by atoms with Gasteiger partial charge >= 0.3 is 0 Å². The molecule has 1 aromatic heterocycles. The summed E-state index contributed by atoms with van der Waals surface area (Å²) < 4.78 is 7.56. The number of fused-ring (bicyclic) bond motifs is 2. The van der Waals surface area contributed by atoms with Crippen molar-refractivity contribution in [2.24, 2.45) is 0 Å². The van der Waals surface area contributed by atoms with Gasteiger partial charge in [0.2, 0.25) is 0 Å². The fourth-order valence-electron chi connectivity index (χ4n) is 3.94. The van der Waals surface area contributed by atoms with E-state index in [1.165, 1.54) is 29.5 Å². The number of ether oxygens (including phenoxy) is 1. The van der Waals surface area contributed by atoms with Crippen LogP contribution in [0.2, 0.25) is 0 Å². The van der Waals surface area contributed by atoms with E-state index in [-0.39, 0.29) is 6.61 Å². The Hall–Kier alpha value is -1.89. The first-order chi connectivity index (χ1) is 12.2. The third-order valence-corrected chi connectivity index (χ3v) is 5.30. The van der Waals surface area contributed by atoms with Crippen LogP contribution < -0.4 is 4.74 Å². The zero-order valence-corrected chi connectivity index (χ0v) is 14.6. The molecule has 0 bridgehead atoms. The van der Waals surface area contributed by atoms with E-state index in [0.29, 0.717) is 5.69 Å². The van der Waals surface area contributed by atoms with E-state index in [2.05, 4.69) is 22.1 Å². The highest BCUT2D eigenvalue weighted by atomic mass is 16.5. The Balaban J connectivity index is 1.52. The summed E-state index contributed by atoms with van der Waals surface area (Å²) in [6.07, 6.45) is 2.66. The van der Waals surface area contributed by atoms with Crippen molar-refractivity contribution in [3.8, 4) is 5.75 Å². The molecule has 1 unspecified atom stereocenters. The molecule has 25 heavy (non-hydrogen) atoms. The van der Waals surface area contributed by atoms with E-state index in [1.807, 2.05) is 10.7 Å². The number of methoxy groups -OCH3 is 1. The highest BCUT2D eigenvalue weighted by molar-refractivity contribution is 5.44. The van der Waals surface area contributed by atoms with Crippen molar-refractivity contribution in [3.05, 3.63) is 46.3 Å². The van der Waals surface area contributed by atoms with Crippen molar-refractivity contribution in [2.75, 3.05) is 20.3 Å². The van der Waals surface area contributed by atoms with E-state index in [0.717, 1.165) is 44.0 Å². The van der Waals surface area contributed by atoms with Gasteiger partial charge in [-0.15, -0.1) is 0 Å². The maximum atomic E-state index is 9.78. The fraction of sp³-hybridized carbons (Fsp3) is 0.526. The summed E-state index contributed by atoms with van der Waals surface area (Å²) in [6.45, 7) is 3.03. The molecule has 0 saturated carbocycles. The van der Waals surface area contributed by atoms with Crippen LogP contribution >= 0.6 is 0 Å². The summed E-state index contributed by atoms with van der Waals surface area (Å²) in [5, 5.41) is 23.3. The Morgan fingerprint density at radius 1 is 1.20 bits per heavy atom. The number of aromatic nitrogens is 2. The third-order valence-electron chi connectivity index (χ3n) is 5.30. The van der Waals surface area contributed by atoms with Crippen molar-refractivity contribution in [1.29, 1.82) is 0 Å². The van der Waals surface area contributed by atoms with Gasteiger partial charge in [-0.25, -0.2) is 0 Å². The van der Waals surface area contributed by atoms with Crippen molar-refractivity contribution < 1.29 is 14.9 Å². The summed E-state index contributed by atoms with van der Waals surface area (Å²) >= 11 is 0. The zero-order chi connectivity index (χ0) is 17.4. The minimum atomic E-state index is -0.900. The van der Waals surface area contributed by atoms with Gasteiger partial charge in [0.25, 0.3) is 0 Å². The molecule has 1 aliphatic heterocycles. The molecule has 1 aromatic carbocycles. The van der Waals surface area contributed by atoms with Crippen LogP contribution in [0.15, 0.2) is 18.2 Å². The van der Waals surface area contributed by atoms with E-state index >= 15 is 0 Å². The molecule has 0 fully saturated rings. The maximum absolute atomic E-state index is 9.78. The smallest absolute Gasteiger partial charge is 0.123 e. The molecule has 2 N–H and O–H groups in total. The molecule has 0 amide bonds. The van der Waals surface area contributed by atoms with E-state index in [9.17, 15) is 5.11 Å². The molecule has 0 radical (unpaired) electrons. The molecular weight excluding hydrogens is 318 g/mol. The number of nitrogens with zero attached hydrogens (tertiary/aromatic N) is 3. The second-order valence-corrected chi connectivity index (χ2v) is 6.98. The molecule has 4 rings (SSSR count). The zero-order valence-electron chi connectivity index (χ0n) is 14.6. The standard InChI is InChI=1S/C19H25N3O3/c1-25-19-8-14-4-2-3-13(14)7-15(19)10-21-5-6-22-16(11-21)9-17(20-22)18(24)12-23/h7-9,18,23-24H,2-6,10-12H2,1H3. The third kappa shape index (κ3) is 3.17. The van der Waals surface area contributed by atoms with Crippen LogP contribution in [-0.4, -0.2) is 45.2 Å². The number of rotatable bonds is 5. The number of hydrogen-bond acceptors (Lipinski definition) is 5. The number of hydrogen-bond donors (Lipinski definition) is 2. The number of aryl methyl sites for hydroxylation is 2. The van der Waals surface area contributed by atoms with Crippen LogP contribution in [0.1, 0.15) is 40.6 Å². The summed E-state index contributed by atoms with van der Waals surface area (Å²) in [7, 11) is 1.74. The van der Waals surface area contributed by atoms with Crippen molar-refractivity contribution in [3.63, 3.8) is 0 Å². The lowest BCUT2D eigenvalue weighted by Gasteiger charge is -2.28. The Bertz CT molecular complexity index is 772. The van der Waals surface area contributed by atoms with Crippen molar-refractivity contribution in [2.45, 2.75) is 45.0 Å². The Morgan fingerprint density at radius 3 is 2.76 bits per heavy atom. The summed E-state index contributed by atoms with van der Waals surface area (Å²) in [6, 6.07) is 6.42. The summed E-state index contributed by atoms with van der Waals surface area (Å²) in [5.74, 6) is 0.983. The topological polar surface area (TPSA) is 70.8 Å². The van der Waals surface area contributed by atoms with Gasteiger partial charge in [0.05, 0.1) is 31.6 Å². The summed E-state index contributed by atoms with van der Waals surface area (Å²) in [4.78, 5) is 2.38. The maximum Gasteiger partial charge on any atom is 0.123 e. The lowest BCUT2D eigenvalue weighted by atomic mass is 10.0. The lowest BCUT2D eigenvalue weighted by molar-refractivity contribution is 0.0915. The number of aliphatic hydroxyl groups is 2. The molecule has 0 saturated heterocycles. The molecule has 6 nitrogen and oxygen atoms in total. The molecule has 2 aliphatic rings. The Labute approximate surface area is 147 Å². The van der Waals surface area contributed by atoms with Gasteiger partial charge in [0.1, 0.15) is 11.9 Å². The Kier molecular flexibility index (Phi) is 4.50. The quantitative estimate of drug-likeness (QED) is 0.859. The molecule has 1 atom stereocenters. The van der Waals surface area contributed by atoms with Crippen LogP contribution in [0.5, 0.6) is 5.75 Å². The van der Waals surface area contributed by atoms with Crippen LogP contribution in [0.25, 0.3) is 0 Å². The van der Waals surface area contributed by atoms with Crippen molar-refractivity contribution >= 4 is 0 Å². The monoisotopic (exact) mass is 343 g/mol. The van der Waals surface area contributed by atoms with Gasteiger partial charge in [-0.1, -0.05) is 6.07 Å². The predicted molar refractivity (Wildman–Crippen MR) is 93.4 cm³/mol. The first-order valence-corrected chi connectivity index (χ1v) is 8.94. The average Bonchev–Trinajstić information content (AvgIpc) is 3.25. The second kappa shape index (κ2) is 6.78. The minimum Gasteiger partial charge on any atom is -0.496 e. The van der Waals surface area contributed by atoms with E-state index in [1.54, 1.807) is 7.11 Å². The van der Waals surface area contributed by atoms with Crippen molar-refractivity contribution in [1.82, 2.24) is 14.7 Å². The second-order valence-electron chi connectivity index (χ2n) is 6.98. The van der Waals surface area contributed by atoms with Crippen LogP contribution in [0.3, 0.4) is 0 Å². The van der Waals surface area contributed by atoms with E-state index in [4.69, 9.17) is 9.84 Å². The molecule has 6 heteroatoms.